The number of hydrogen-bond donors (Lipinski definition) is 1. The van der Waals surface area contributed by atoms with Crippen LogP contribution in [0.25, 0.3) is 0 Å². The highest BCUT2D eigenvalue weighted by Gasteiger charge is 2.44. The number of fused-ring (bicyclic) bond motifs is 2. The number of rotatable bonds is 2. The normalized spacial score (nSPS) is 34.2. The first kappa shape index (κ1) is 12.1. The molecule has 18 heavy (non-hydrogen) atoms. The molecule has 1 aromatic carbocycles. The van der Waals surface area contributed by atoms with E-state index in [-0.39, 0.29) is 0 Å². The summed E-state index contributed by atoms with van der Waals surface area (Å²) in [4.78, 5) is 0. The van der Waals surface area contributed by atoms with Gasteiger partial charge in [-0.1, -0.05) is 24.3 Å². The summed E-state index contributed by atoms with van der Waals surface area (Å²) in [5, 5.41) is 20.8. The second-order valence-electron chi connectivity index (χ2n) is 5.43. The van der Waals surface area contributed by atoms with E-state index in [9.17, 15) is 5.11 Å². The maximum absolute atomic E-state index is 10.9. The van der Waals surface area contributed by atoms with Gasteiger partial charge in [-0.2, -0.15) is 17.0 Å². The van der Waals surface area contributed by atoms with Gasteiger partial charge in [0.05, 0.1) is 18.1 Å². The Morgan fingerprint density at radius 2 is 1.83 bits per heavy atom. The molecule has 2 atom stereocenters. The third-order valence-corrected chi connectivity index (χ3v) is 5.68. The van der Waals surface area contributed by atoms with E-state index in [2.05, 4.69) is 17.8 Å². The van der Waals surface area contributed by atoms with Crippen molar-refractivity contribution in [2.45, 2.75) is 48.2 Å². The second kappa shape index (κ2) is 4.60. The molecule has 0 aromatic heterocycles. The molecular weight excluding hydrogens is 242 g/mol. The van der Waals surface area contributed by atoms with Gasteiger partial charge in [0.25, 0.3) is 0 Å². The van der Waals surface area contributed by atoms with Crippen LogP contribution in [-0.4, -0.2) is 15.6 Å². The monoisotopic (exact) mass is 259 g/mol. The Hall–Kier alpha value is -0.980. The Balaban J connectivity index is 1.83. The second-order valence-corrected chi connectivity index (χ2v) is 7.03. The van der Waals surface area contributed by atoms with Crippen molar-refractivity contribution in [1.29, 1.82) is 5.26 Å². The fourth-order valence-corrected chi connectivity index (χ4v) is 5.01. The predicted octanol–water partition coefficient (Wildman–Crippen LogP) is 3.00. The molecule has 1 N–H and O–H groups in total. The molecule has 0 amide bonds. The standard InChI is InChI=1S/C15H17NOS/c16-8-7-11-1-3-12(4-2-11)15(17)9-13-5-6-14(10-15)18-13/h1-4,13-14,17H,5-7,9-10H2. The van der Waals surface area contributed by atoms with Gasteiger partial charge in [-0.15, -0.1) is 0 Å². The molecule has 2 aliphatic heterocycles. The van der Waals surface area contributed by atoms with Crippen molar-refractivity contribution in [2.24, 2.45) is 0 Å². The summed E-state index contributed by atoms with van der Waals surface area (Å²) in [6, 6.07) is 10.1. The summed E-state index contributed by atoms with van der Waals surface area (Å²) in [6.07, 6.45) is 4.71. The Kier molecular flexibility index (Phi) is 3.09. The summed E-state index contributed by atoms with van der Waals surface area (Å²) < 4.78 is 0. The highest BCUT2D eigenvalue weighted by Crippen LogP contribution is 2.51. The summed E-state index contributed by atoms with van der Waals surface area (Å²) in [7, 11) is 0. The summed E-state index contributed by atoms with van der Waals surface area (Å²) in [5.41, 5.74) is 1.42. The van der Waals surface area contributed by atoms with Gasteiger partial charge >= 0.3 is 0 Å². The minimum absolute atomic E-state index is 0.444. The van der Waals surface area contributed by atoms with Crippen LogP contribution in [0.5, 0.6) is 0 Å². The first-order chi connectivity index (χ1) is 8.69. The van der Waals surface area contributed by atoms with Crippen molar-refractivity contribution in [1.82, 2.24) is 0 Å². The fourth-order valence-electron chi connectivity index (χ4n) is 3.18. The van der Waals surface area contributed by atoms with Crippen molar-refractivity contribution in [2.75, 3.05) is 0 Å². The molecule has 3 rings (SSSR count). The Morgan fingerprint density at radius 1 is 1.22 bits per heavy atom. The number of benzene rings is 1. The number of aliphatic hydroxyl groups is 1. The minimum Gasteiger partial charge on any atom is -0.385 e. The van der Waals surface area contributed by atoms with Crippen LogP contribution in [0.15, 0.2) is 24.3 Å². The van der Waals surface area contributed by atoms with Crippen molar-refractivity contribution in [3.05, 3.63) is 35.4 Å². The zero-order chi connectivity index (χ0) is 12.6. The van der Waals surface area contributed by atoms with Crippen LogP contribution in [0.3, 0.4) is 0 Å². The topological polar surface area (TPSA) is 44.0 Å². The molecular formula is C15H17NOS. The van der Waals surface area contributed by atoms with Crippen LogP contribution in [-0.2, 0) is 12.0 Å². The zero-order valence-electron chi connectivity index (χ0n) is 10.3. The molecule has 3 heteroatoms. The molecule has 2 nitrogen and oxygen atoms in total. The van der Waals surface area contributed by atoms with Gasteiger partial charge < -0.3 is 5.11 Å². The van der Waals surface area contributed by atoms with Crippen LogP contribution in [0.1, 0.15) is 36.8 Å². The molecule has 2 bridgehead atoms. The maximum atomic E-state index is 10.9. The van der Waals surface area contributed by atoms with Crippen molar-refractivity contribution >= 4 is 11.8 Å². The molecule has 2 aliphatic rings. The summed E-state index contributed by atoms with van der Waals surface area (Å²) in [5.74, 6) is 0. The number of nitriles is 1. The van der Waals surface area contributed by atoms with E-state index in [1.807, 2.05) is 24.3 Å². The fraction of sp³-hybridized carbons (Fsp3) is 0.533. The van der Waals surface area contributed by atoms with Crippen molar-refractivity contribution in [3.8, 4) is 6.07 Å². The molecule has 1 aromatic rings. The number of thioether (sulfide) groups is 1. The molecule has 0 saturated carbocycles. The molecule has 0 spiro atoms. The minimum atomic E-state index is -0.637. The van der Waals surface area contributed by atoms with Gasteiger partial charge in [-0.25, -0.2) is 0 Å². The summed E-state index contributed by atoms with van der Waals surface area (Å²) in [6.45, 7) is 0. The third-order valence-electron chi connectivity index (χ3n) is 4.10. The van der Waals surface area contributed by atoms with Gasteiger partial charge in [0.2, 0.25) is 0 Å². The molecule has 2 unspecified atom stereocenters. The lowest BCUT2D eigenvalue weighted by atomic mass is 9.85. The third kappa shape index (κ3) is 2.15. The summed E-state index contributed by atoms with van der Waals surface area (Å²) >= 11 is 2.06. The molecule has 2 fully saturated rings. The highest BCUT2D eigenvalue weighted by molar-refractivity contribution is 8.00. The van der Waals surface area contributed by atoms with Crippen LogP contribution in [0.2, 0.25) is 0 Å². The molecule has 94 valence electrons. The Bertz CT molecular complexity index is 464. The maximum Gasteiger partial charge on any atom is 0.0917 e. The van der Waals surface area contributed by atoms with Gasteiger partial charge in [0.15, 0.2) is 0 Å². The Labute approximate surface area is 112 Å². The predicted molar refractivity (Wildman–Crippen MR) is 73.3 cm³/mol. The lowest BCUT2D eigenvalue weighted by Gasteiger charge is -2.36. The highest BCUT2D eigenvalue weighted by atomic mass is 32.2. The molecule has 0 radical (unpaired) electrons. The SMILES string of the molecule is N#CCc1ccc(C2(O)CC3CCC(C2)S3)cc1. The Morgan fingerprint density at radius 3 is 2.39 bits per heavy atom. The number of hydrogen-bond acceptors (Lipinski definition) is 3. The van der Waals surface area contributed by atoms with E-state index in [0.717, 1.165) is 24.0 Å². The van der Waals surface area contributed by atoms with Crippen LogP contribution < -0.4 is 0 Å². The molecule has 0 aliphatic carbocycles. The quantitative estimate of drug-likeness (QED) is 0.888. The van der Waals surface area contributed by atoms with Gasteiger partial charge in [-0.3, -0.25) is 0 Å². The van der Waals surface area contributed by atoms with E-state index in [1.54, 1.807) is 0 Å². The average molecular weight is 259 g/mol. The lowest BCUT2D eigenvalue weighted by Crippen LogP contribution is -2.34. The van der Waals surface area contributed by atoms with Crippen molar-refractivity contribution in [3.63, 3.8) is 0 Å². The first-order valence-electron chi connectivity index (χ1n) is 6.54. The molecule has 2 saturated heterocycles. The van der Waals surface area contributed by atoms with E-state index >= 15 is 0 Å². The van der Waals surface area contributed by atoms with Crippen LogP contribution >= 0.6 is 11.8 Å². The van der Waals surface area contributed by atoms with Gasteiger partial charge in [0.1, 0.15) is 0 Å². The van der Waals surface area contributed by atoms with Gasteiger partial charge in [0, 0.05) is 10.5 Å². The van der Waals surface area contributed by atoms with Crippen LogP contribution in [0.4, 0.5) is 0 Å². The smallest absolute Gasteiger partial charge is 0.0917 e. The molecule has 2 heterocycles. The largest absolute Gasteiger partial charge is 0.385 e. The average Bonchev–Trinajstić information content (AvgIpc) is 2.70. The van der Waals surface area contributed by atoms with E-state index < -0.39 is 5.60 Å². The zero-order valence-corrected chi connectivity index (χ0v) is 11.1. The number of nitrogens with zero attached hydrogens (tertiary/aromatic N) is 1. The van der Waals surface area contributed by atoms with E-state index in [4.69, 9.17) is 5.26 Å². The lowest BCUT2D eigenvalue weighted by molar-refractivity contribution is 0.0196. The van der Waals surface area contributed by atoms with Gasteiger partial charge in [-0.05, 0) is 36.8 Å². The van der Waals surface area contributed by atoms with Crippen molar-refractivity contribution < 1.29 is 5.11 Å². The van der Waals surface area contributed by atoms with E-state index in [1.165, 1.54) is 12.8 Å². The van der Waals surface area contributed by atoms with Crippen LogP contribution in [0, 0.1) is 11.3 Å². The van der Waals surface area contributed by atoms with E-state index in [0.29, 0.717) is 16.9 Å². The first-order valence-corrected chi connectivity index (χ1v) is 7.48.